The van der Waals surface area contributed by atoms with Gasteiger partial charge in [0.1, 0.15) is 0 Å². The SMILES string of the molecule is Cc1ccc(C)c(-n2nnnc2-c2c(N)cccc2Cl)c1. The summed E-state index contributed by atoms with van der Waals surface area (Å²) in [6, 6.07) is 11.5. The van der Waals surface area contributed by atoms with Gasteiger partial charge in [-0.3, -0.25) is 0 Å². The number of hydrogen-bond donors (Lipinski definition) is 1. The minimum Gasteiger partial charge on any atom is -0.398 e. The summed E-state index contributed by atoms with van der Waals surface area (Å²) in [4.78, 5) is 0. The third kappa shape index (κ3) is 2.36. The molecule has 0 spiro atoms. The molecule has 1 aromatic heterocycles. The molecule has 0 unspecified atom stereocenters. The standard InChI is InChI=1S/C15H14ClN5/c1-9-6-7-10(2)13(8-9)21-15(18-19-20-21)14-11(16)4-3-5-12(14)17/h3-8H,17H2,1-2H3. The fourth-order valence-electron chi connectivity index (χ4n) is 2.23. The van der Waals surface area contributed by atoms with Crippen molar-refractivity contribution in [3.8, 4) is 17.1 Å². The Morgan fingerprint density at radius 3 is 2.71 bits per heavy atom. The van der Waals surface area contributed by atoms with E-state index in [-0.39, 0.29) is 0 Å². The molecule has 106 valence electrons. The fourth-order valence-corrected chi connectivity index (χ4v) is 2.50. The molecule has 0 aliphatic rings. The fraction of sp³-hybridized carbons (Fsp3) is 0.133. The maximum absolute atomic E-state index is 6.26. The maximum Gasteiger partial charge on any atom is 0.190 e. The number of hydrogen-bond acceptors (Lipinski definition) is 4. The Labute approximate surface area is 127 Å². The van der Waals surface area contributed by atoms with E-state index in [1.54, 1.807) is 22.9 Å². The highest BCUT2D eigenvalue weighted by Gasteiger charge is 2.17. The van der Waals surface area contributed by atoms with Crippen LogP contribution in [-0.2, 0) is 0 Å². The second-order valence-electron chi connectivity index (χ2n) is 4.91. The van der Waals surface area contributed by atoms with E-state index in [1.807, 2.05) is 32.0 Å². The van der Waals surface area contributed by atoms with Gasteiger partial charge in [-0.1, -0.05) is 29.8 Å². The molecule has 0 atom stereocenters. The van der Waals surface area contributed by atoms with Gasteiger partial charge in [0.25, 0.3) is 0 Å². The number of aromatic nitrogens is 4. The summed E-state index contributed by atoms with van der Waals surface area (Å²) >= 11 is 6.26. The first-order valence-electron chi connectivity index (χ1n) is 6.48. The minimum atomic E-state index is 0.524. The molecule has 21 heavy (non-hydrogen) atoms. The van der Waals surface area contributed by atoms with E-state index in [1.165, 1.54) is 0 Å². The van der Waals surface area contributed by atoms with Crippen LogP contribution in [0.5, 0.6) is 0 Å². The monoisotopic (exact) mass is 299 g/mol. The van der Waals surface area contributed by atoms with Gasteiger partial charge in [-0.2, -0.15) is 4.68 Å². The predicted octanol–water partition coefficient (Wildman–Crippen LogP) is 3.18. The molecule has 0 aliphatic heterocycles. The van der Waals surface area contributed by atoms with E-state index in [4.69, 9.17) is 17.3 Å². The molecule has 0 aliphatic carbocycles. The number of nitrogens with two attached hydrogens (primary N) is 1. The number of nitrogens with zero attached hydrogens (tertiary/aromatic N) is 4. The number of benzene rings is 2. The van der Waals surface area contributed by atoms with Crippen molar-refractivity contribution in [2.75, 3.05) is 5.73 Å². The Bertz CT molecular complexity index is 789. The number of nitrogen functional groups attached to an aromatic ring is 1. The minimum absolute atomic E-state index is 0.524. The second kappa shape index (κ2) is 5.18. The summed E-state index contributed by atoms with van der Waals surface area (Å²) in [5.74, 6) is 0.534. The topological polar surface area (TPSA) is 69.6 Å². The van der Waals surface area contributed by atoms with Crippen LogP contribution in [0.4, 0.5) is 5.69 Å². The van der Waals surface area contributed by atoms with Crippen molar-refractivity contribution in [2.45, 2.75) is 13.8 Å². The van der Waals surface area contributed by atoms with Gasteiger partial charge >= 0.3 is 0 Å². The highest BCUT2D eigenvalue weighted by atomic mass is 35.5. The molecule has 3 aromatic rings. The lowest BCUT2D eigenvalue weighted by atomic mass is 10.1. The van der Waals surface area contributed by atoms with Gasteiger partial charge in [-0.25, -0.2) is 0 Å². The molecule has 6 heteroatoms. The normalized spacial score (nSPS) is 10.8. The van der Waals surface area contributed by atoms with Crippen LogP contribution in [0.25, 0.3) is 17.1 Å². The molecule has 0 saturated carbocycles. The zero-order valence-corrected chi connectivity index (χ0v) is 12.5. The first-order valence-corrected chi connectivity index (χ1v) is 6.86. The van der Waals surface area contributed by atoms with Crippen LogP contribution in [0.2, 0.25) is 5.02 Å². The van der Waals surface area contributed by atoms with Crippen molar-refractivity contribution < 1.29 is 0 Å². The van der Waals surface area contributed by atoms with E-state index >= 15 is 0 Å². The molecular formula is C15H14ClN5. The zero-order valence-electron chi connectivity index (χ0n) is 11.7. The van der Waals surface area contributed by atoms with Gasteiger partial charge in [0, 0.05) is 5.69 Å². The molecule has 0 radical (unpaired) electrons. The number of anilines is 1. The van der Waals surface area contributed by atoms with Crippen molar-refractivity contribution in [1.29, 1.82) is 0 Å². The Morgan fingerprint density at radius 2 is 1.95 bits per heavy atom. The first kappa shape index (κ1) is 13.6. The Hall–Kier alpha value is -2.40. The summed E-state index contributed by atoms with van der Waals surface area (Å²) in [6.45, 7) is 4.03. The van der Waals surface area contributed by atoms with Gasteiger partial charge in [-0.15, -0.1) is 5.10 Å². The molecule has 2 N–H and O–H groups in total. The summed E-state index contributed by atoms with van der Waals surface area (Å²) in [5.41, 5.74) is 10.3. The first-order chi connectivity index (χ1) is 10.1. The van der Waals surface area contributed by atoms with Crippen LogP contribution >= 0.6 is 11.6 Å². The average Bonchev–Trinajstić information content (AvgIpc) is 2.90. The average molecular weight is 300 g/mol. The van der Waals surface area contributed by atoms with Crippen molar-refractivity contribution in [2.24, 2.45) is 0 Å². The van der Waals surface area contributed by atoms with Crippen molar-refractivity contribution >= 4 is 17.3 Å². The lowest BCUT2D eigenvalue weighted by molar-refractivity contribution is 0.787. The molecule has 0 fully saturated rings. The summed E-state index contributed by atoms with van der Waals surface area (Å²) < 4.78 is 1.67. The lowest BCUT2D eigenvalue weighted by Gasteiger charge is -2.11. The third-order valence-corrected chi connectivity index (χ3v) is 3.65. The number of tetrazole rings is 1. The van der Waals surface area contributed by atoms with Crippen LogP contribution in [-0.4, -0.2) is 20.2 Å². The lowest BCUT2D eigenvalue weighted by Crippen LogP contribution is -2.04. The molecule has 3 rings (SSSR count). The van der Waals surface area contributed by atoms with Gasteiger partial charge in [0.15, 0.2) is 5.82 Å². The van der Waals surface area contributed by atoms with Crippen LogP contribution < -0.4 is 5.73 Å². The van der Waals surface area contributed by atoms with Crippen molar-refractivity contribution in [3.63, 3.8) is 0 Å². The highest BCUT2D eigenvalue weighted by molar-refractivity contribution is 6.33. The van der Waals surface area contributed by atoms with Gasteiger partial charge in [0.2, 0.25) is 0 Å². The molecule has 0 bridgehead atoms. The molecule has 1 heterocycles. The van der Waals surface area contributed by atoms with E-state index < -0.39 is 0 Å². The highest BCUT2D eigenvalue weighted by Crippen LogP contribution is 2.32. The third-order valence-electron chi connectivity index (χ3n) is 3.33. The van der Waals surface area contributed by atoms with Crippen LogP contribution in [0, 0.1) is 13.8 Å². The van der Waals surface area contributed by atoms with Crippen molar-refractivity contribution in [3.05, 3.63) is 52.5 Å². The quantitative estimate of drug-likeness (QED) is 0.738. The number of rotatable bonds is 2. The molecule has 5 nitrogen and oxygen atoms in total. The smallest absolute Gasteiger partial charge is 0.190 e. The zero-order chi connectivity index (χ0) is 15.0. The summed E-state index contributed by atoms with van der Waals surface area (Å²) in [7, 11) is 0. The van der Waals surface area contributed by atoms with Crippen LogP contribution in [0.3, 0.4) is 0 Å². The molecule has 0 saturated heterocycles. The number of halogens is 1. The number of aryl methyl sites for hydroxylation is 2. The Morgan fingerprint density at radius 1 is 1.14 bits per heavy atom. The summed E-state index contributed by atoms with van der Waals surface area (Å²) in [5, 5.41) is 12.5. The Kier molecular flexibility index (Phi) is 3.35. The maximum atomic E-state index is 6.26. The van der Waals surface area contributed by atoms with Gasteiger partial charge in [-0.05, 0) is 53.6 Å². The second-order valence-corrected chi connectivity index (χ2v) is 5.32. The van der Waals surface area contributed by atoms with Gasteiger partial charge in [0.05, 0.1) is 16.3 Å². The van der Waals surface area contributed by atoms with Crippen LogP contribution in [0.1, 0.15) is 11.1 Å². The van der Waals surface area contributed by atoms with E-state index in [2.05, 4.69) is 15.5 Å². The Balaban J connectivity index is 2.25. The molecule has 2 aromatic carbocycles. The van der Waals surface area contributed by atoms with Crippen molar-refractivity contribution in [1.82, 2.24) is 20.2 Å². The predicted molar refractivity (Wildman–Crippen MR) is 83.5 cm³/mol. The summed E-state index contributed by atoms with van der Waals surface area (Å²) in [6.07, 6.45) is 0. The molecule has 0 amide bonds. The van der Waals surface area contributed by atoms with E-state index in [9.17, 15) is 0 Å². The molecular weight excluding hydrogens is 286 g/mol. The van der Waals surface area contributed by atoms with Crippen LogP contribution in [0.15, 0.2) is 36.4 Å². The van der Waals surface area contributed by atoms with Gasteiger partial charge < -0.3 is 5.73 Å². The largest absolute Gasteiger partial charge is 0.398 e. The van der Waals surface area contributed by atoms with E-state index in [0.29, 0.717) is 22.1 Å². The van der Waals surface area contributed by atoms with E-state index in [0.717, 1.165) is 16.8 Å².